The Morgan fingerprint density at radius 2 is 1.92 bits per heavy atom. The summed E-state index contributed by atoms with van der Waals surface area (Å²) in [4.78, 5) is 4.56. The van der Waals surface area contributed by atoms with Crippen molar-refractivity contribution in [2.45, 2.75) is 33.2 Å². The van der Waals surface area contributed by atoms with E-state index in [0.717, 1.165) is 43.4 Å². The molecular formula is C18H30N6O2. The van der Waals surface area contributed by atoms with Crippen molar-refractivity contribution in [3.8, 4) is 0 Å². The van der Waals surface area contributed by atoms with Gasteiger partial charge in [-0.05, 0) is 25.5 Å². The summed E-state index contributed by atoms with van der Waals surface area (Å²) in [5, 5.41) is 14.8. The Kier molecular flexibility index (Phi) is 9.45. The molecule has 0 amide bonds. The van der Waals surface area contributed by atoms with E-state index in [9.17, 15) is 0 Å². The second-order valence-corrected chi connectivity index (χ2v) is 5.75. The van der Waals surface area contributed by atoms with E-state index < -0.39 is 0 Å². The van der Waals surface area contributed by atoms with E-state index in [1.54, 1.807) is 0 Å². The summed E-state index contributed by atoms with van der Waals surface area (Å²) in [7, 11) is 0. The lowest BCUT2D eigenvalue weighted by Crippen LogP contribution is -2.39. The number of fused-ring (bicyclic) bond motifs is 1. The van der Waals surface area contributed by atoms with Crippen LogP contribution in [0.4, 0.5) is 0 Å². The maximum Gasteiger partial charge on any atom is 0.191 e. The first-order chi connectivity index (χ1) is 12.8. The van der Waals surface area contributed by atoms with Crippen LogP contribution < -0.4 is 10.6 Å². The smallest absolute Gasteiger partial charge is 0.191 e. The van der Waals surface area contributed by atoms with Crippen molar-refractivity contribution < 1.29 is 9.47 Å². The summed E-state index contributed by atoms with van der Waals surface area (Å²) in [5.74, 6) is 1.54. The number of guanidine groups is 1. The second kappa shape index (κ2) is 12.2. The van der Waals surface area contributed by atoms with Crippen molar-refractivity contribution in [3.63, 3.8) is 0 Å². The average molecular weight is 362 g/mol. The molecule has 2 rings (SSSR count). The quantitative estimate of drug-likeness (QED) is 0.339. The number of hydrogen-bond donors (Lipinski definition) is 2. The maximum atomic E-state index is 5.55. The highest BCUT2D eigenvalue weighted by Gasteiger charge is 2.04. The largest absolute Gasteiger partial charge is 0.379 e. The molecular weight excluding hydrogens is 332 g/mol. The standard InChI is InChI=1S/C18H30N6O2/c1-3-5-11-25-13-14-26-12-9-20-18(19-4-2)21-15-17-23-22-16-8-6-7-10-24(16)17/h6-8,10H,3-5,9,11-15H2,1-2H3,(H2,19,20,21). The monoisotopic (exact) mass is 362 g/mol. The summed E-state index contributed by atoms with van der Waals surface area (Å²) in [5.41, 5.74) is 0.824. The van der Waals surface area contributed by atoms with Gasteiger partial charge in [0.1, 0.15) is 6.54 Å². The normalized spacial score (nSPS) is 11.8. The van der Waals surface area contributed by atoms with Crippen LogP contribution in [-0.4, -0.2) is 60.1 Å². The number of nitrogens with one attached hydrogen (secondary N) is 2. The number of aliphatic imine (C=N–C) groups is 1. The molecule has 2 N–H and O–H groups in total. The van der Waals surface area contributed by atoms with Crippen LogP contribution in [0.3, 0.4) is 0 Å². The highest BCUT2D eigenvalue weighted by atomic mass is 16.5. The van der Waals surface area contributed by atoms with Crippen LogP contribution in [0.25, 0.3) is 5.65 Å². The molecule has 8 nitrogen and oxygen atoms in total. The fourth-order valence-corrected chi connectivity index (χ4v) is 2.30. The molecule has 0 saturated carbocycles. The van der Waals surface area contributed by atoms with Crippen molar-refractivity contribution in [3.05, 3.63) is 30.2 Å². The van der Waals surface area contributed by atoms with Gasteiger partial charge in [-0.1, -0.05) is 19.4 Å². The molecule has 0 aliphatic rings. The van der Waals surface area contributed by atoms with E-state index in [-0.39, 0.29) is 0 Å². The number of hydrogen-bond acceptors (Lipinski definition) is 5. The second-order valence-electron chi connectivity index (χ2n) is 5.75. The molecule has 0 fully saturated rings. The van der Waals surface area contributed by atoms with Gasteiger partial charge in [0.25, 0.3) is 0 Å². The molecule has 8 heteroatoms. The third kappa shape index (κ3) is 6.97. The summed E-state index contributed by atoms with van der Waals surface area (Å²) in [6, 6.07) is 5.82. The Morgan fingerprint density at radius 3 is 2.73 bits per heavy atom. The summed E-state index contributed by atoms with van der Waals surface area (Å²) in [6.45, 7) is 8.79. The predicted molar refractivity (Wildman–Crippen MR) is 102 cm³/mol. The SMILES string of the molecule is CCCCOCCOCCNC(=NCc1nnc2ccccn12)NCC. The van der Waals surface area contributed by atoms with Crippen LogP contribution in [0.2, 0.25) is 0 Å². The number of ether oxygens (including phenoxy) is 2. The van der Waals surface area contributed by atoms with Gasteiger partial charge in [-0.2, -0.15) is 0 Å². The third-order valence-electron chi connectivity index (χ3n) is 3.66. The number of pyridine rings is 1. The first-order valence-corrected chi connectivity index (χ1v) is 9.31. The maximum absolute atomic E-state index is 5.55. The Bertz CT molecular complexity index is 658. The van der Waals surface area contributed by atoms with Crippen LogP contribution in [0, 0.1) is 0 Å². The fraction of sp³-hybridized carbons (Fsp3) is 0.611. The van der Waals surface area contributed by atoms with E-state index >= 15 is 0 Å². The van der Waals surface area contributed by atoms with Gasteiger partial charge in [0, 0.05) is 25.9 Å². The lowest BCUT2D eigenvalue weighted by atomic mass is 10.4. The molecule has 144 valence electrons. The van der Waals surface area contributed by atoms with Crippen LogP contribution >= 0.6 is 0 Å². The van der Waals surface area contributed by atoms with Crippen LogP contribution in [0.5, 0.6) is 0 Å². The van der Waals surface area contributed by atoms with Crippen molar-refractivity contribution in [1.82, 2.24) is 25.2 Å². The minimum absolute atomic E-state index is 0.451. The molecule has 26 heavy (non-hydrogen) atoms. The van der Waals surface area contributed by atoms with Gasteiger partial charge in [0.2, 0.25) is 0 Å². The van der Waals surface area contributed by atoms with Crippen LogP contribution in [0.1, 0.15) is 32.5 Å². The minimum atomic E-state index is 0.451. The Labute approximate surface area is 155 Å². The molecule has 2 heterocycles. The van der Waals surface area contributed by atoms with E-state index in [4.69, 9.17) is 9.47 Å². The molecule has 0 saturated heterocycles. The molecule has 0 aliphatic heterocycles. The summed E-state index contributed by atoms with van der Waals surface area (Å²) < 4.78 is 13.0. The molecule has 2 aromatic rings. The molecule has 0 unspecified atom stereocenters. The van der Waals surface area contributed by atoms with Gasteiger partial charge in [0.05, 0.1) is 19.8 Å². The van der Waals surface area contributed by atoms with E-state index in [2.05, 4.69) is 32.7 Å². The van der Waals surface area contributed by atoms with E-state index in [1.165, 1.54) is 0 Å². The zero-order valence-corrected chi connectivity index (χ0v) is 15.8. The molecule has 0 aromatic carbocycles. The van der Waals surface area contributed by atoms with E-state index in [0.29, 0.717) is 32.9 Å². The Morgan fingerprint density at radius 1 is 1.08 bits per heavy atom. The fourth-order valence-electron chi connectivity index (χ4n) is 2.30. The molecule has 0 aliphatic carbocycles. The molecule has 2 aromatic heterocycles. The summed E-state index contributed by atoms with van der Waals surface area (Å²) in [6.07, 6.45) is 4.20. The summed E-state index contributed by atoms with van der Waals surface area (Å²) >= 11 is 0. The molecule has 0 bridgehead atoms. The van der Waals surface area contributed by atoms with Gasteiger partial charge in [-0.15, -0.1) is 10.2 Å². The predicted octanol–water partition coefficient (Wildman–Crippen LogP) is 1.62. The number of unbranched alkanes of at least 4 members (excludes halogenated alkanes) is 1. The van der Waals surface area contributed by atoms with Crippen molar-refractivity contribution in [2.24, 2.45) is 4.99 Å². The van der Waals surface area contributed by atoms with Gasteiger partial charge in [0.15, 0.2) is 17.4 Å². The lowest BCUT2D eigenvalue weighted by Gasteiger charge is -2.11. The zero-order valence-electron chi connectivity index (χ0n) is 15.8. The number of rotatable bonds is 12. The molecule has 0 atom stereocenters. The first kappa shape index (κ1) is 20.1. The first-order valence-electron chi connectivity index (χ1n) is 9.31. The Balaban J connectivity index is 1.70. The van der Waals surface area contributed by atoms with Gasteiger partial charge in [-0.3, -0.25) is 4.40 Å². The van der Waals surface area contributed by atoms with Crippen molar-refractivity contribution in [2.75, 3.05) is 39.5 Å². The van der Waals surface area contributed by atoms with Gasteiger partial charge in [-0.25, -0.2) is 4.99 Å². The molecule has 0 spiro atoms. The highest BCUT2D eigenvalue weighted by Crippen LogP contribution is 2.03. The van der Waals surface area contributed by atoms with Gasteiger partial charge < -0.3 is 20.1 Å². The average Bonchev–Trinajstić information content (AvgIpc) is 3.08. The zero-order chi connectivity index (χ0) is 18.5. The van der Waals surface area contributed by atoms with Crippen LogP contribution in [0.15, 0.2) is 29.4 Å². The van der Waals surface area contributed by atoms with Crippen LogP contribution in [-0.2, 0) is 16.0 Å². The highest BCUT2D eigenvalue weighted by molar-refractivity contribution is 5.79. The molecule has 0 radical (unpaired) electrons. The van der Waals surface area contributed by atoms with Gasteiger partial charge >= 0.3 is 0 Å². The van der Waals surface area contributed by atoms with E-state index in [1.807, 2.05) is 35.7 Å². The lowest BCUT2D eigenvalue weighted by molar-refractivity contribution is 0.0487. The minimum Gasteiger partial charge on any atom is -0.379 e. The topological polar surface area (TPSA) is 85.1 Å². The number of aromatic nitrogens is 3. The third-order valence-corrected chi connectivity index (χ3v) is 3.66. The number of nitrogens with zero attached hydrogens (tertiary/aromatic N) is 4. The van der Waals surface area contributed by atoms with Crippen molar-refractivity contribution in [1.29, 1.82) is 0 Å². The van der Waals surface area contributed by atoms with Crippen molar-refractivity contribution >= 4 is 11.6 Å². The Hall–Kier alpha value is -2.19.